The lowest BCUT2D eigenvalue weighted by atomic mass is 9.84. The third-order valence-corrected chi connectivity index (χ3v) is 5.93. The number of halogens is 1. The molecule has 3 rings (SSSR count). The van der Waals surface area contributed by atoms with Crippen molar-refractivity contribution in [1.29, 1.82) is 0 Å². The number of benzene rings is 1. The maximum atomic E-state index is 12.8. The molecule has 1 aliphatic carbocycles. The maximum absolute atomic E-state index is 12.8. The lowest BCUT2D eigenvalue weighted by molar-refractivity contribution is -0.138. The molecule has 1 unspecified atom stereocenters. The molecule has 1 aromatic carbocycles. The van der Waals surface area contributed by atoms with Gasteiger partial charge in [-0.2, -0.15) is 0 Å². The Hall–Kier alpha value is -1.51. The molecule has 1 aliphatic heterocycles. The van der Waals surface area contributed by atoms with E-state index in [1.807, 2.05) is 32.3 Å². The number of nitrogens with zero attached hydrogens (tertiary/aromatic N) is 2. The number of nitrogens with one attached hydrogen (secondary N) is 2. The Labute approximate surface area is 191 Å². The summed E-state index contributed by atoms with van der Waals surface area (Å²) >= 11 is 0. The van der Waals surface area contributed by atoms with Crippen molar-refractivity contribution in [2.24, 2.45) is 10.4 Å². The summed E-state index contributed by atoms with van der Waals surface area (Å²) in [6, 6.07) is 8.26. The number of hydrogen-bond acceptors (Lipinski definition) is 3. The van der Waals surface area contributed by atoms with Gasteiger partial charge in [0.05, 0.1) is 11.5 Å². The normalized spacial score (nSPS) is 22.0. The summed E-state index contributed by atoms with van der Waals surface area (Å²) in [6.45, 7) is 4.83. The monoisotopic (exact) mass is 514 g/mol. The van der Waals surface area contributed by atoms with Crippen molar-refractivity contribution in [2.45, 2.75) is 57.6 Å². The number of carbonyl (C=O) groups excluding carboxylic acids is 1. The van der Waals surface area contributed by atoms with Crippen molar-refractivity contribution in [2.75, 3.05) is 27.7 Å². The van der Waals surface area contributed by atoms with Crippen molar-refractivity contribution in [3.05, 3.63) is 29.8 Å². The average Bonchev–Trinajstić information content (AvgIpc) is 3.13. The number of guanidine groups is 1. The molecule has 1 fully saturated rings. The highest BCUT2D eigenvalue weighted by molar-refractivity contribution is 14.0. The van der Waals surface area contributed by atoms with Crippen LogP contribution in [-0.4, -0.2) is 50.1 Å². The minimum absolute atomic E-state index is 0. The molecule has 7 heteroatoms. The first-order valence-corrected chi connectivity index (χ1v) is 10.2. The maximum Gasteiger partial charge on any atom is 0.230 e. The van der Waals surface area contributed by atoms with Gasteiger partial charge in [0.15, 0.2) is 5.96 Å². The molecule has 1 atom stereocenters. The van der Waals surface area contributed by atoms with Gasteiger partial charge in [0, 0.05) is 39.7 Å². The zero-order valence-corrected chi connectivity index (χ0v) is 20.6. The quantitative estimate of drug-likeness (QED) is 0.365. The number of carbonyl (C=O) groups is 1. The van der Waals surface area contributed by atoms with Crippen molar-refractivity contribution in [3.8, 4) is 5.75 Å². The van der Waals surface area contributed by atoms with E-state index in [0.29, 0.717) is 6.54 Å². The second-order valence-electron chi connectivity index (χ2n) is 8.91. The summed E-state index contributed by atoms with van der Waals surface area (Å²) in [4.78, 5) is 19.0. The Morgan fingerprint density at radius 1 is 1.24 bits per heavy atom. The van der Waals surface area contributed by atoms with Crippen LogP contribution in [0.15, 0.2) is 29.3 Å². The first-order valence-electron chi connectivity index (χ1n) is 10.2. The summed E-state index contributed by atoms with van der Waals surface area (Å²) in [5.74, 6) is 1.86. The van der Waals surface area contributed by atoms with Gasteiger partial charge < -0.3 is 20.3 Å². The minimum Gasteiger partial charge on any atom is -0.487 e. The Balaban J connectivity index is 0.00000300. The van der Waals surface area contributed by atoms with E-state index in [1.54, 1.807) is 11.9 Å². The van der Waals surface area contributed by atoms with E-state index in [1.165, 1.54) is 0 Å². The summed E-state index contributed by atoms with van der Waals surface area (Å²) < 4.78 is 6.13. The zero-order valence-electron chi connectivity index (χ0n) is 18.2. The SMILES string of the molecule is CN=C(NCC1(C(=O)N(C)C)CCCC1)NC1CC(C)(C)Oc2ccccc21.I. The molecule has 2 aliphatic rings. The predicted molar refractivity (Wildman–Crippen MR) is 128 cm³/mol. The van der Waals surface area contributed by atoms with Gasteiger partial charge in [-0.15, -0.1) is 24.0 Å². The van der Waals surface area contributed by atoms with Gasteiger partial charge in [-0.05, 0) is 32.8 Å². The fourth-order valence-corrected chi connectivity index (χ4v) is 4.54. The fourth-order valence-electron chi connectivity index (χ4n) is 4.54. The number of aliphatic imine (C=N–C) groups is 1. The van der Waals surface area contributed by atoms with Crippen molar-refractivity contribution >= 4 is 35.8 Å². The van der Waals surface area contributed by atoms with E-state index >= 15 is 0 Å². The van der Waals surface area contributed by atoms with Crippen LogP contribution in [0.2, 0.25) is 0 Å². The van der Waals surface area contributed by atoms with Gasteiger partial charge in [-0.3, -0.25) is 9.79 Å². The van der Waals surface area contributed by atoms with Crippen LogP contribution in [0.4, 0.5) is 0 Å². The van der Waals surface area contributed by atoms with Gasteiger partial charge in [-0.1, -0.05) is 31.0 Å². The summed E-state index contributed by atoms with van der Waals surface area (Å²) in [5, 5.41) is 7.00. The molecule has 1 amide bonds. The van der Waals surface area contributed by atoms with Crippen LogP contribution in [0.5, 0.6) is 5.75 Å². The van der Waals surface area contributed by atoms with Crippen LogP contribution < -0.4 is 15.4 Å². The molecule has 0 aromatic heterocycles. The molecule has 1 saturated carbocycles. The second-order valence-corrected chi connectivity index (χ2v) is 8.91. The van der Waals surface area contributed by atoms with Gasteiger partial charge in [-0.25, -0.2) is 0 Å². The third kappa shape index (κ3) is 5.35. The molecule has 0 spiro atoms. The summed E-state index contributed by atoms with van der Waals surface area (Å²) in [7, 11) is 5.47. The first-order chi connectivity index (χ1) is 13.3. The molecule has 0 bridgehead atoms. The largest absolute Gasteiger partial charge is 0.487 e. The molecule has 2 N–H and O–H groups in total. The van der Waals surface area contributed by atoms with E-state index in [9.17, 15) is 4.79 Å². The van der Waals surface area contributed by atoms with Gasteiger partial charge in [0.1, 0.15) is 11.4 Å². The molecule has 0 radical (unpaired) electrons. The third-order valence-electron chi connectivity index (χ3n) is 5.93. The van der Waals surface area contributed by atoms with Crippen LogP contribution in [0.1, 0.15) is 57.6 Å². The van der Waals surface area contributed by atoms with E-state index in [0.717, 1.165) is 49.4 Å². The topological polar surface area (TPSA) is 66.0 Å². The van der Waals surface area contributed by atoms with E-state index < -0.39 is 0 Å². The smallest absolute Gasteiger partial charge is 0.230 e. The van der Waals surface area contributed by atoms with Gasteiger partial charge >= 0.3 is 0 Å². The number of rotatable bonds is 4. The molecule has 29 heavy (non-hydrogen) atoms. The van der Waals surface area contributed by atoms with Crippen LogP contribution in [0.25, 0.3) is 0 Å². The second kappa shape index (κ2) is 9.53. The standard InChI is InChI=1S/C22H34N4O2.HI/c1-21(2)14-17(16-10-6-7-11-18(16)28-21)25-20(23-3)24-15-22(12-8-9-13-22)19(27)26(4)5;/h6-7,10-11,17H,8-9,12-15H2,1-5H3,(H2,23,24,25);1H. The van der Waals surface area contributed by atoms with Crippen LogP contribution in [0, 0.1) is 5.41 Å². The van der Waals surface area contributed by atoms with E-state index in [4.69, 9.17) is 4.74 Å². The molecule has 6 nitrogen and oxygen atoms in total. The van der Waals surface area contributed by atoms with Gasteiger partial charge in [0.2, 0.25) is 5.91 Å². The minimum atomic E-state index is -0.325. The van der Waals surface area contributed by atoms with Gasteiger partial charge in [0.25, 0.3) is 0 Å². The van der Waals surface area contributed by atoms with E-state index in [2.05, 4.69) is 35.5 Å². The number of amides is 1. The first kappa shape index (κ1) is 23.8. The number of fused-ring (bicyclic) bond motifs is 1. The molecule has 162 valence electrons. The van der Waals surface area contributed by atoms with Crippen molar-refractivity contribution in [3.63, 3.8) is 0 Å². The highest BCUT2D eigenvalue weighted by Crippen LogP contribution is 2.40. The Morgan fingerprint density at radius 3 is 2.52 bits per heavy atom. The van der Waals surface area contributed by atoms with Crippen molar-refractivity contribution in [1.82, 2.24) is 15.5 Å². The number of para-hydroxylation sites is 1. The predicted octanol–water partition coefficient (Wildman–Crippen LogP) is 3.72. The lowest BCUT2D eigenvalue weighted by Crippen LogP contribution is -2.50. The molecule has 0 saturated heterocycles. The fraction of sp³-hybridized carbons (Fsp3) is 0.636. The molecular weight excluding hydrogens is 479 g/mol. The van der Waals surface area contributed by atoms with Crippen LogP contribution in [-0.2, 0) is 4.79 Å². The van der Waals surface area contributed by atoms with Crippen LogP contribution >= 0.6 is 24.0 Å². The number of ether oxygens (including phenoxy) is 1. The van der Waals surface area contributed by atoms with Crippen molar-refractivity contribution < 1.29 is 9.53 Å². The zero-order chi connectivity index (χ0) is 20.4. The lowest BCUT2D eigenvalue weighted by Gasteiger charge is -2.38. The highest BCUT2D eigenvalue weighted by Gasteiger charge is 2.42. The Morgan fingerprint density at radius 2 is 1.90 bits per heavy atom. The summed E-state index contributed by atoms with van der Waals surface area (Å²) in [6.07, 6.45) is 4.92. The highest BCUT2D eigenvalue weighted by atomic mass is 127. The number of hydrogen-bond donors (Lipinski definition) is 2. The molecular formula is C22H35IN4O2. The molecule has 1 aromatic rings. The average molecular weight is 514 g/mol. The van der Waals surface area contributed by atoms with Crippen LogP contribution in [0.3, 0.4) is 0 Å². The summed E-state index contributed by atoms with van der Waals surface area (Å²) in [5.41, 5.74) is 0.566. The molecule has 1 heterocycles. The Bertz CT molecular complexity index is 742. The Kier molecular flexibility index (Phi) is 7.81. The van der Waals surface area contributed by atoms with E-state index in [-0.39, 0.29) is 46.9 Å².